The minimum atomic E-state index is 1.02. The fourth-order valence-electron chi connectivity index (χ4n) is 2.26. The van der Waals surface area contributed by atoms with E-state index in [0.717, 1.165) is 29.5 Å². The average molecular weight is 277 g/mol. The van der Waals surface area contributed by atoms with Gasteiger partial charge in [0.2, 0.25) is 0 Å². The molecule has 0 fully saturated rings. The third-order valence-electron chi connectivity index (χ3n) is 3.14. The molecule has 82 valence electrons. The summed E-state index contributed by atoms with van der Waals surface area (Å²) in [5.74, 6) is 0. The van der Waals surface area contributed by atoms with Crippen molar-refractivity contribution in [2.24, 2.45) is 0 Å². The monoisotopic (exact) mass is 276 g/mol. The lowest BCUT2D eigenvalue weighted by Gasteiger charge is -2.24. The van der Waals surface area contributed by atoms with Gasteiger partial charge in [0.05, 0.1) is 5.52 Å². The second-order valence-corrected chi connectivity index (χ2v) is 5.25. The molecule has 2 heterocycles. The predicted octanol–water partition coefficient (Wildman–Crippen LogP) is 2.99. The number of rotatable bonds is 0. The first-order valence-electron chi connectivity index (χ1n) is 5.49. The fourth-order valence-corrected chi connectivity index (χ4v) is 2.73. The highest BCUT2D eigenvalue weighted by molar-refractivity contribution is 9.10. The molecule has 1 aliphatic rings. The first kappa shape index (κ1) is 10.2. The molecule has 0 aliphatic carbocycles. The van der Waals surface area contributed by atoms with E-state index < -0.39 is 0 Å². The molecule has 3 rings (SSSR count). The number of para-hydroxylation sites is 1. The SMILES string of the molecule is CN1CCc2nc3c(Br)cccc3cc2C1. The van der Waals surface area contributed by atoms with Gasteiger partial charge in [-0.25, -0.2) is 0 Å². The summed E-state index contributed by atoms with van der Waals surface area (Å²) in [5.41, 5.74) is 3.72. The van der Waals surface area contributed by atoms with Gasteiger partial charge in [-0.05, 0) is 40.7 Å². The largest absolute Gasteiger partial charge is 0.302 e. The van der Waals surface area contributed by atoms with Crippen molar-refractivity contribution >= 4 is 26.8 Å². The van der Waals surface area contributed by atoms with Crippen molar-refractivity contribution in [3.05, 3.63) is 40.0 Å². The van der Waals surface area contributed by atoms with E-state index in [9.17, 15) is 0 Å². The van der Waals surface area contributed by atoms with E-state index in [-0.39, 0.29) is 0 Å². The standard InChI is InChI=1S/C13H13BrN2/c1-16-6-5-12-10(8-16)7-9-3-2-4-11(14)13(9)15-12/h2-4,7H,5-6,8H2,1H3. The van der Waals surface area contributed by atoms with Crippen molar-refractivity contribution in [2.45, 2.75) is 13.0 Å². The topological polar surface area (TPSA) is 16.1 Å². The molecule has 2 aromatic rings. The molecule has 1 aromatic heterocycles. The number of hydrogen-bond donors (Lipinski definition) is 0. The Bertz CT molecular complexity index is 551. The molecule has 16 heavy (non-hydrogen) atoms. The third kappa shape index (κ3) is 1.64. The Morgan fingerprint density at radius 2 is 2.25 bits per heavy atom. The number of pyridine rings is 1. The van der Waals surface area contributed by atoms with E-state index >= 15 is 0 Å². The Labute approximate surface area is 103 Å². The van der Waals surface area contributed by atoms with Crippen LogP contribution in [-0.2, 0) is 13.0 Å². The maximum Gasteiger partial charge on any atom is 0.0847 e. The lowest BCUT2D eigenvalue weighted by Crippen LogP contribution is -2.27. The third-order valence-corrected chi connectivity index (χ3v) is 3.78. The molecule has 0 atom stereocenters. The summed E-state index contributed by atoms with van der Waals surface area (Å²) in [6.45, 7) is 2.13. The van der Waals surface area contributed by atoms with E-state index in [2.05, 4.69) is 52.1 Å². The maximum absolute atomic E-state index is 4.78. The van der Waals surface area contributed by atoms with Crippen molar-refractivity contribution < 1.29 is 0 Å². The van der Waals surface area contributed by atoms with Gasteiger partial charge in [-0.15, -0.1) is 0 Å². The van der Waals surface area contributed by atoms with Crippen LogP contribution in [0.15, 0.2) is 28.7 Å². The highest BCUT2D eigenvalue weighted by Crippen LogP contribution is 2.26. The van der Waals surface area contributed by atoms with E-state index in [0.29, 0.717) is 0 Å². The van der Waals surface area contributed by atoms with E-state index in [1.807, 2.05) is 0 Å². The van der Waals surface area contributed by atoms with Crippen molar-refractivity contribution in [3.63, 3.8) is 0 Å². The highest BCUT2D eigenvalue weighted by Gasteiger charge is 2.15. The first-order chi connectivity index (χ1) is 7.74. The number of hydrogen-bond acceptors (Lipinski definition) is 2. The molecule has 0 saturated heterocycles. The van der Waals surface area contributed by atoms with Gasteiger partial charge >= 0.3 is 0 Å². The predicted molar refractivity (Wildman–Crippen MR) is 69.5 cm³/mol. The number of likely N-dealkylation sites (N-methyl/N-ethyl adjacent to an activating group) is 1. The van der Waals surface area contributed by atoms with Gasteiger partial charge in [0, 0.05) is 35.1 Å². The zero-order valence-corrected chi connectivity index (χ0v) is 10.8. The van der Waals surface area contributed by atoms with Gasteiger partial charge < -0.3 is 4.90 Å². The normalized spacial score (nSPS) is 16.4. The Balaban J connectivity index is 2.23. The molecule has 0 saturated carbocycles. The van der Waals surface area contributed by atoms with Gasteiger partial charge in [0.25, 0.3) is 0 Å². The van der Waals surface area contributed by atoms with Crippen LogP contribution >= 0.6 is 15.9 Å². The zero-order chi connectivity index (χ0) is 11.1. The maximum atomic E-state index is 4.78. The van der Waals surface area contributed by atoms with Crippen molar-refractivity contribution in [1.82, 2.24) is 9.88 Å². The summed E-state index contributed by atoms with van der Waals surface area (Å²) in [4.78, 5) is 7.12. The molecule has 0 unspecified atom stereocenters. The Morgan fingerprint density at radius 1 is 1.38 bits per heavy atom. The van der Waals surface area contributed by atoms with E-state index in [4.69, 9.17) is 4.98 Å². The van der Waals surface area contributed by atoms with Crippen LogP contribution in [0.4, 0.5) is 0 Å². The van der Waals surface area contributed by atoms with Crippen LogP contribution in [0.2, 0.25) is 0 Å². The molecule has 1 aromatic carbocycles. The Hall–Kier alpha value is -0.930. The van der Waals surface area contributed by atoms with E-state index in [1.54, 1.807) is 0 Å². The molecule has 0 spiro atoms. The van der Waals surface area contributed by atoms with Crippen LogP contribution in [0.25, 0.3) is 10.9 Å². The van der Waals surface area contributed by atoms with Gasteiger partial charge in [-0.1, -0.05) is 12.1 Å². The Morgan fingerprint density at radius 3 is 3.12 bits per heavy atom. The fraction of sp³-hybridized carbons (Fsp3) is 0.308. The number of benzene rings is 1. The van der Waals surface area contributed by atoms with Crippen LogP contribution in [0.1, 0.15) is 11.3 Å². The van der Waals surface area contributed by atoms with Crippen molar-refractivity contribution in [3.8, 4) is 0 Å². The quantitative estimate of drug-likeness (QED) is 0.736. The summed E-state index contributed by atoms with van der Waals surface area (Å²) in [7, 11) is 2.16. The number of nitrogens with zero attached hydrogens (tertiary/aromatic N) is 2. The summed E-state index contributed by atoms with van der Waals surface area (Å²) < 4.78 is 1.09. The molecule has 0 radical (unpaired) electrons. The van der Waals surface area contributed by atoms with Crippen molar-refractivity contribution in [1.29, 1.82) is 0 Å². The van der Waals surface area contributed by atoms with Gasteiger partial charge in [-0.2, -0.15) is 0 Å². The van der Waals surface area contributed by atoms with Gasteiger partial charge in [0.1, 0.15) is 0 Å². The summed E-state index contributed by atoms with van der Waals surface area (Å²) in [6.07, 6.45) is 1.06. The number of fused-ring (bicyclic) bond motifs is 2. The van der Waals surface area contributed by atoms with E-state index in [1.165, 1.54) is 16.6 Å². The van der Waals surface area contributed by atoms with Crippen LogP contribution in [0, 0.1) is 0 Å². The number of aromatic nitrogens is 1. The van der Waals surface area contributed by atoms with Gasteiger partial charge in [0.15, 0.2) is 0 Å². The average Bonchev–Trinajstić information content (AvgIpc) is 2.27. The minimum absolute atomic E-state index is 1.02. The first-order valence-corrected chi connectivity index (χ1v) is 6.29. The molecule has 3 heteroatoms. The molecule has 2 nitrogen and oxygen atoms in total. The summed E-state index contributed by atoms with van der Waals surface area (Å²) in [6, 6.07) is 8.52. The van der Waals surface area contributed by atoms with Gasteiger partial charge in [-0.3, -0.25) is 4.98 Å². The molecule has 1 aliphatic heterocycles. The summed E-state index contributed by atoms with van der Waals surface area (Å²) in [5, 5.41) is 1.23. The summed E-state index contributed by atoms with van der Waals surface area (Å²) >= 11 is 3.56. The second kappa shape index (κ2) is 3.82. The van der Waals surface area contributed by atoms with Crippen LogP contribution in [-0.4, -0.2) is 23.5 Å². The lowest BCUT2D eigenvalue weighted by molar-refractivity contribution is 0.310. The smallest absolute Gasteiger partial charge is 0.0847 e. The van der Waals surface area contributed by atoms with Crippen molar-refractivity contribution in [2.75, 3.05) is 13.6 Å². The van der Waals surface area contributed by atoms with Crippen LogP contribution in [0.3, 0.4) is 0 Å². The number of halogens is 1. The minimum Gasteiger partial charge on any atom is -0.302 e. The zero-order valence-electron chi connectivity index (χ0n) is 9.20. The molecular formula is C13H13BrN2. The molecular weight excluding hydrogens is 264 g/mol. The van der Waals surface area contributed by atoms with Crippen LogP contribution in [0.5, 0.6) is 0 Å². The molecule has 0 amide bonds. The Kier molecular flexibility index (Phi) is 2.45. The second-order valence-electron chi connectivity index (χ2n) is 4.39. The lowest BCUT2D eigenvalue weighted by atomic mass is 10.0. The highest BCUT2D eigenvalue weighted by atomic mass is 79.9. The molecule has 0 bridgehead atoms. The van der Waals surface area contributed by atoms with Crippen LogP contribution < -0.4 is 0 Å². The molecule has 0 N–H and O–H groups in total.